The van der Waals surface area contributed by atoms with Crippen molar-refractivity contribution in [3.05, 3.63) is 29.8 Å². The maximum absolute atomic E-state index is 12.1. The highest BCUT2D eigenvalue weighted by molar-refractivity contribution is 5.85. The molecule has 0 N–H and O–H groups in total. The highest BCUT2D eigenvalue weighted by atomic mass is 16.5. The third-order valence-electron chi connectivity index (χ3n) is 3.64. The number of carbonyl (C=O) groups is 2. The number of benzene rings is 1. The second-order valence-electron chi connectivity index (χ2n) is 4.72. The lowest BCUT2D eigenvalue weighted by Crippen LogP contribution is -2.39. The molecule has 0 saturated heterocycles. The van der Waals surface area contributed by atoms with Crippen LogP contribution >= 0.6 is 0 Å². The summed E-state index contributed by atoms with van der Waals surface area (Å²) in [6, 6.07) is 7.63. The molecule has 1 aliphatic rings. The Bertz CT molecular complexity index is 472. The molecular formula is C15H19NO3. The van der Waals surface area contributed by atoms with Gasteiger partial charge in [-0.05, 0) is 25.0 Å². The number of rotatable bonds is 5. The Hall–Kier alpha value is -1.84. The first kappa shape index (κ1) is 13.6. The van der Waals surface area contributed by atoms with Gasteiger partial charge in [0.25, 0.3) is 0 Å². The number of aldehydes is 1. The quantitative estimate of drug-likeness (QED) is 0.602. The molecule has 102 valence electrons. The molecule has 1 aliphatic heterocycles. The Morgan fingerprint density at radius 3 is 2.84 bits per heavy atom. The molecular weight excluding hydrogens is 242 g/mol. The Morgan fingerprint density at radius 1 is 1.42 bits per heavy atom. The standard InChI is InChI=1S/C15H19NO3/c1-3-19-15(18)14-12(8-6-10-17)11-7-4-5-9-13(11)16(14)2/h4-5,7,9-10,12,14H,3,6,8H2,1-2H3. The summed E-state index contributed by atoms with van der Waals surface area (Å²) < 4.78 is 5.17. The summed E-state index contributed by atoms with van der Waals surface area (Å²) in [7, 11) is 1.90. The Kier molecular flexibility index (Phi) is 4.20. The largest absolute Gasteiger partial charge is 0.464 e. The monoisotopic (exact) mass is 261 g/mol. The lowest BCUT2D eigenvalue weighted by molar-refractivity contribution is -0.145. The fourth-order valence-corrected chi connectivity index (χ4v) is 2.82. The molecule has 0 fully saturated rings. The summed E-state index contributed by atoms with van der Waals surface area (Å²) in [6.07, 6.45) is 2.04. The number of nitrogens with zero attached hydrogens (tertiary/aromatic N) is 1. The molecule has 2 unspecified atom stereocenters. The molecule has 0 amide bonds. The fraction of sp³-hybridized carbons (Fsp3) is 0.467. The zero-order valence-corrected chi connectivity index (χ0v) is 11.3. The van der Waals surface area contributed by atoms with Crippen LogP contribution in [0.25, 0.3) is 0 Å². The van der Waals surface area contributed by atoms with Crippen molar-refractivity contribution in [1.82, 2.24) is 0 Å². The van der Waals surface area contributed by atoms with Gasteiger partial charge in [0.05, 0.1) is 6.61 Å². The van der Waals surface area contributed by atoms with Gasteiger partial charge in [0, 0.05) is 25.1 Å². The van der Waals surface area contributed by atoms with Crippen LogP contribution in [0.5, 0.6) is 0 Å². The molecule has 0 aliphatic carbocycles. The maximum Gasteiger partial charge on any atom is 0.329 e. The fourth-order valence-electron chi connectivity index (χ4n) is 2.82. The third kappa shape index (κ3) is 2.48. The second kappa shape index (κ2) is 5.87. The van der Waals surface area contributed by atoms with E-state index in [0.29, 0.717) is 19.4 Å². The Morgan fingerprint density at radius 2 is 2.16 bits per heavy atom. The number of hydrogen-bond donors (Lipinski definition) is 0. The number of likely N-dealkylation sites (N-methyl/N-ethyl adjacent to an activating group) is 1. The van der Waals surface area contributed by atoms with E-state index in [4.69, 9.17) is 4.74 Å². The van der Waals surface area contributed by atoms with E-state index in [-0.39, 0.29) is 17.9 Å². The van der Waals surface area contributed by atoms with Crippen molar-refractivity contribution in [1.29, 1.82) is 0 Å². The van der Waals surface area contributed by atoms with E-state index in [1.54, 1.807) is 6.92 Å². The molecule has 19 heavy (non-hydrogen) atoms. The highest BCUT2D eigenvalue weighted by Crippen LogP contribution is 2.42. The summed E-state index contributed by atoms with van der Waals surface area (Å²) >= 11 is 0. The molecule has 4 heteroatoms. The zero-order valence-electron chi connectivity index (χ0n) is 11.3. The molecule has 0 saturated carbocycles. The number of anilines is 1. The van der Waals surface area contributed by atoms with Crippen LogP contribution in [0.4, 0.5) is 5.69 Å². The van der Waals surface area contributed by atoms with Crippen LogP contribution in [0, 0.1) is 0 Å². The van der Waals surface area contributed by atoms with Gasteiger partial charge >= 0.3 is 5.97 Å². The zero-order chi connectivity index (χ0) is 13.8. The topological polar surface area (TPSA) is 46.6 Å². The van der Waals surface area contributed by atoms with Gasteiger partial charge in [-0.15, -0.1) is 0 Å². The summed E-state index contributed by atoms with van der Waals surface area (Å²) in [4.78, 5) is 24.7. The van der Waals surface area contributed by atoms with Crippen molar-refractivity contribution in [3.8, 4) is 0 Å². The van der Waals surface area contributed by atoms with Crippen LogP contribution in [-0.2, 0) is 14.3 Å². The number of hydrogen-bond acceptors (Lipinski definition) is 4. The van der Waals surface area contributed by atoms with Crippen molar-refractivity contribution < 1.29 is 14.3 Å². The van der Waals surface area contributed by atoms with Crippen LogP contribution in [0.1, 0.15) is 31.2 Å². The van der Waals surface area contributed by atoms with Gasteiger partial charge in [0.15, 0.2) is 0 Å². The summed E-state index contributed by atoms with van der Waals surface area (Å²) in [5.74, 6) is -0.178. The van der Waals surface area contributed by atoms with E-state index in [0.717, 1.165) is 17.5 Å². The van der Waals surface area contributed by atoms with E-state index in [2.05, 4.69) is 0 Å². The van der Waals surface area contributed by atoms with Gasteiger partial charge in [-0.1, -0.05) is 18.2 Å². The summed E-state index contributed by atoms with van der Waals surface area (Å²) in [6.45, 7) is 2.18. The molecule has 1 aromatic carbocycles. The van der Waals surface area contributed by atoms with Crippen LogP contribution < -0.4 is 4.90 Å². The molecule has 2 atom stereocenters. The third-order valence-corrected chi connectivity index (χ3v) is 3.64. The number of para-hydroxylation sites is 1. The Balaban J connectivity index is 2.32. The van der Waals surface area contributed by atoms with Gasteiger partial charge in [0.2, 0.25) is 0 Å². The highest BCUT2D eigenvalue weighted by Gasteiger charge is 2.41. The van der Waals surface area contributed by atoms with Gasteiger partial charge in [0.1, 0.15) is 12.3 Å². The van der Waals surface area contributed by atoms with E-state index in [1.165, 1.54) is 0 Å². The van der Waals surface area contributed by atoms with E-state index in [9.17, 15) is 9.59 Å². The van der Waals surface area contributed by atoms with Gasteiger partial charge in [-0.3, -0.25) is 0 Å². The second-order valence-corrected chi connectivity index (χ2v) is 4.72. The van der Waals surface area contributed by atoms with E-state index in [1.807, 2.05) is 36.2 Å². The minimum Gasteiger partial charge on any atom is -0.464 e. The lowest BCUT2D eigenvalue weighted by atomic mass is 9.90. The van der Waals surface area contributed by atoms with Crippen molar-refractivity contribution in [3.63, 3.8) is 0 Å². The van der Waals surface area contributed by atoms with E-state index < -0.39 is 0 Å². The first-order chi connectivity index (χ1) is 9.20. The van der Waals surface area contributed by atoms with Crippen LogP contribution in [0.15, 0.2) is 24.3 Å². The molecule has 1 aromatic rings. The molecule has 4 nitrogen and oxygen atoms in total. The predicted molar refractivity (Wildman–Crippen MR) is 73.3 cm³/mol. The smallest absolute Gasteiger partial charge is 0.329 e. The summed E-state index contributed by atoms with van der Waals surface area (Å²) in [5.41, 5.74) is 2.18. The number of fused-ring (bicyclic) bond motifs is 1. The molecule has 0 radical (unpaired) electrons. The SMILES string of the molecule is CCOC(=O)C1C(CCC=O)c2ccccc2N1C. The Labute approximate surface area is 113 Å². The maximum atomic E-state index is 12.1. The minimum atomic E-state index is -0.322. The van der Waals surface area contributed by atoms with Crippen molar-refractivity contribution >= 4 is 17.9 Å². The molecule has 2 rings (SSSR count). The van der Waals surface area contributed by atoms with Gasteiger partial charge in [-0.25, -0.2) is 4.79 Å². The van der Waals surface area contributed by atoms with Crippen molar-refractivity contribution in [2.24, 2.45) is 0 Å². The minimum absolute atomic E-state index is 0.0328. The average molecular weight is 261 g/mol. The molecule has 0 bridgehead atoms. The number of esters is 1. The van der Waals surface area contributed by atoms with Crippen molar-refractivity contribution in [2.45, 2.75) is 31.7 Å². The van der Waals surface area contributed by atoms with E-state index >= 15 is 0 Å². The average Bonchev–Trinajstić information content (AvgIpc) is 2.70. The summed E-state index contributed by atoms with van der Waals surface area (Å²) in [5, 5.41) is 0. The van der Waals surface area contributed by atoms with Crippen molar-refractivity contribution in [2.75, 3.05) is 18.6 Å². The molecule has 0 spiro atoms. The van der Waals surface area contributed by atoms with Crippen LogP contribution in [0.3, 0.4) is 0 Å². The molecule has 0 aromatic heterocycles. The van der Waals surface area contributed by atoms with Crippen LogP contribution in [0.2, 0.25) is 0 Å². The predicted octanol–water partition coefficient (Wildman–Crippen LogP) is 2.13. The number of carbonyl (C=O) groups excluding carboxylic acids is 2. The lowest BCUT2D eigenvalue weighted by Gasteiger charge is -2.24. The first-order valence-corrected chi connectivity index (χ1v) is 6.62. The molecule has 1 heterocycles. The van der Waals surface area contributed by atoms with Crippen LogP contribution in [-0.4, -0.2) is 32.0 Å². The number of ether oxygens (including phenoxy) is 1. The van der Waals surface area contributed by atoms with Gasteiger partial charge < -0.3 is 14.4 Å². The first-order valence-electron chi connectivity index (χ1n) is 6.62. The normalized spacial score (nSPS) is 21.1. The van der Waals surface area contributed by atoms with Gasteiger partial charge in [-0.2, -0.15) is 0 Å².